The van der Waals surface area contributed by atoms with Crippen LogP contribution in [0.1, 0.15) is 18.7 Å². The lowest BCUT2D eigenvalue weighted by molar-refractivity contribution is 0.356. The number of amidine groups is 1. The second kappa shape index (κ2) is 3.55. The molecule has 0 atom stereocenters. The lowest BCUT2D eigenvalue weighted by Crippen LogP contribution is -2.26. The van der Waals surface area contributed by atoms with Crippen LogP contribution in [-0.4, -0.2) is 34.0 Å². The van der Waals surface area contributed by atoms with Gasteiger partial charge < -0.3 is 9.42 Å². The Labute approximate surface area is 76.2 Å². The van der Waals surface area contributed by atoms with Crippen molar-refractivity contribution in [2.75, 3.05) is 13.1 Å². The third kappa shape index (κ3) is 1.85. The number of likely N-dealkylation sites (tertiary alicyclic amines) is 1. The minimum absolute atomic E-state index is 0.653. The predicted octanol–water partition coefficient (Wildman–Crippen LogP) is 0.685. The van der Waals surface area contributed by atoms with E-state index in [0.29, 0.717) is 5.89 Å². The van der Waals surface area contributed by atoms with Gasteiger partial charge in [-0.15, -0.1) is 0 Å². The molecule has 13 heavy (non-hydrogen) atoms. The van der Waals surface area contributed by atoms with Crippen LogP contribution < -0.4 is 0 Å². The Morgan fingerprint density at radius 1 is 1.62 bits per heavy atom. The summed E-state index contributed by atoms with van der Waals surface area (Å²) in [6.45, 7) is 1.81. The molecule has 0 amide bonds. The Kier molecular flexibility index (Phi) is 2.25. The fraction of sp³-hybridized carbons (Fsp3) is 0.625. The van der Waals surface area contributed by atoms with Crippen molar-refractivity contribution in [2.24, 2.45) is 0 Å². The zero-order valence-corrected chi connectivity index (χ0v) is 7.36. The molecule has 70 valence electrons. The highest BCUT2D eigenvalue weighted by molar-refractivity contribution is 5.80. The fourth-order valence-electron chi connectivity index (χ4n) is 1.51. The second-order valence-corrected chi connectivity index (χ2v) is 3.12. The molecule has 0 aliphatic carbocycles. The Hall–Kier alpha value is -1.39. The molecule has 0 radical (unpaired) electrons. The highest BCUT2D eigenvalue weighted by Crippen LogP contribution is 2.10. The van der Waals surface area contributed by atoms with E-state index in [1.165, 1.54) is 6.33 Å². The van der Waals surface area contributed by atoms with Crippen LogP contribution in [-0.2, 0) is 6.42 Å². The lowest BCUT2D eigenvalue weighted by Gasteiger charge is -2.15. The molecule has 1 aliphatic heterocycles. The quantitative estimate of drug-likeness (QED) is 0.743. The summed E-state index contributed by atoms with van der Waals surface area (Å²) in [7, 11) is 0. The van der Waals surface area contributed by atoms with Gasteiger partial charge in [0.15, 0.2) is 6.33 Å². The number of aromatic nitrogens is 2. The van der Waals surface area contributed by atoms with Gasteiger partial charge in [-0.3, -0.25) is 5.41 Å². The summed E-state index contributed by atoms with van der Waals surface area (Å²) in [4.78, 5) is 5.99. The molecule has 1 fully saturated rings. The Morgan fingerprint density at radius 3 is 3.15 bits per heavy atom. The number of hydrogen-bond acceptors (Lipinski definition) is 4. The normalized spacial score (nSPS) is 16.9. The van der Waals surface area contributed by atoms with Crippen molar-refractivity contribution in [2.45, 2.75) is 19.3 Å². The van der Waals surface area contributed by atoms with E-state index in [-0.39, 0.29) is 0 Å². The van der Waals surface area contributed by atoms with Crippen molar-refractivity contribution in [1.29, 1.82) is 5.41 Å². The van der Waals surface area contributed by atoms with Crippen LogP contribution in [0.2, 0.25) is 0 Å². The topological polar surface area (TPSA) is 66.0 Å². The predicted molar refractivity (Wildman–Crippen MR) is 46.5 cm³/mol. The average molecular weight is 180 g/mol. The molecule has 1 aromatic rings. The second-order valence-electron chi connectivity index (χ2n) is 3.12. The first-order chi connectivity index (χ1) is 6.36. The van der Waals surface area contributed by atoms with E-state index >= 15 is 0 Å². The first kappa shape index (κ1) is 8.22. The molecule has 5 heteroatoms. The van der Waals surface area contributed by atoms with Gasteiger partial charge in [0.1, 0.15) is 0 Å². The Morgan fingerprint density at radius 2 is 2.54 bits per heavy atom. The number of hydrogen-bond donors (Lipinski definition) is 1. The molecule has 1 aromatic heterocycles. The van der Waals surface area contributed by atoms with Crippen LogP contribution in [0.25, 0.3) is 0 Å². The third-order valence-electron chi connectivity index (χ3n) is 2.23. The molecule has 1 N–H and O–H groups in total. The van der Waals surface area contributed by atoms with Gasteiger partial charge in [0.05, 0.1) is 5.84 Å². The average Bonchev–Trinajstić information content (AvgIpc) is 2.72. The van der Waals surface area contributed by atoms with Gasteiger partial charge in [-0.1, -0.05) is 5.16 Å². The van der Waals surface area contributed by atoms with Crippen LogP contribution in [0, 0.1) is 5.41 Å². The molecule has 5 nitrogen and oxygen atoms in total. The molecule has 0 unspecified atom stereocenters. The summed E-state index contributed by atoms with van der Waals surface area (Å²) in [6.07, 6.45) is 4.15. The molecule has 0 spiro atoms. The molecule has 0 aromatic carbocycles. The Bertz CT molecular complexity index is 282. The SMILES string of the molecule is N=C1CCCN1CCc1ncno1. The van der Waals surface area contributed by atoms with E-state index in [0.717, 1.165) is 38.2 Å². The van der Waals surface area contributed by atoms with Crippen molar-refractivity contribution in [3.63, 3.8) is 0 Å². The maximum absolute atomic E-state index is 7.59. The van der Waals surface area contributed by atoms with E-state index in [1.54, 1.807) is 0 Å². The van der Waals surface area contributed by atoms with Gasteiger partial charge in [-0.05, 0) is 6.42 Å². The van der Waals surface area contributed by atoms with Gasteiger partial charge in [0.25, 0.3) is 0 Å². The van der Waals surface area contributed by atoms with Crippen molar-refractivity contribution >= 4 is 5.84 Å². The number of rotatable bonds is 3. The van der Waals surface area contributed by atoms with Crippen LogP contribution in [0.4, 0.5) is 0 Å². The smallest absolute Gasteiger partial charge is 0.228 e. The molecule has 1 aliphatic rings. The summed E-state index contributed by atoms with van der Waals surface area (Å²) in [5, 5.41) is 11.1. The molecular formula is C8H12N4O. The summed E-state index contributed by atoms with van der Waals surface area (Å²) >= 11 is 0. The van der Waals surface area contributed by atoms with Gasteiger partial charge >= 0.3 is 0 Å². The van der Waals surface area contributed by atoms with Crippen LogP contribution in [0.5, 0.6) is 0 Å². The standard InChI is InChI=1S/C8H12N4O/c9-7-2-1-4-12(7)5-3-8-10-6-11-13-8/h6,9H,1-5H2. The Balaban J connectivity index is 1.82. The minimum Gasteiger partial charge on any atom is -0.360 e. The monoisotopic (exact) mass is 180 g/mol. The molecule has 0 saturated carbocycles. The van der Waals surface area contributed by atoms with E-state index in [1.807, 2.05) is 0 Å². The highest BCUT2D eigenvalue weighted by atomic mass is 16.5. The summed E-state index contributed by atoms with van der Waals surface area (Å²) in [5.74, 6) is 1.39. The third-order valence-corrected chi connectivity index (χ3v) is 2.23. The molecule has 0 bridgehead atoms. The maximum atomic E-state index is 7.59. The first-order valence-electron chi connectivity index (χ1n) is 4.44. The van der Waals surface area contributed by atoms with Crippen molar-refractivity contribution < 1.29 is 4.52 Å². The number of nitrogens with one attached hydrogen (secondary N) is 1. The van der Waals surface area contributed by atoms with Crippen LogP contribution in [0.15, 0.2) is 10.9 Å². The zero-order chi connectivity index (χ0) is 9.10. The van der Waals surface area contributed by atoms with Crippen molar-refractivity contribution in [1.82, 2.24) is 15.0 Å². The molecule has 1 saturated heterocycles. The van der Waals surface area contributed by atoms with Crippen molar-refractivity contribution in [3.05, 3.63) is 12.2 Å². The van der Waals surface area contributed by atoms with Gasteiger partial charge in [0, 0.05) is 25.9 Å². The van der Waals surface area contributed by atoms with Gasteiger partial charge in [0.2, 0.25) is 5.89 Å². The van der Waals surface area contributed by atoms with E-state index in [2.05, 4.69) is 15.0 Å². The minimum atomic E-state index is 0.653. The number of nitrogens with zero attached hydrogens (tertiary/aromatic N) is 3. The van der Waals surface area contributed by atoms with E-state index in [4.69, 9.17) is 9.93 Å². The summed E-state index contributed by atoms with van der Waals surface area (Å²) in [6, 6.07) is 0. The highest BCUT2D eigenvalue weighted by Gasteiger charge is 2.16. The van der Waals surface area contributed by atoms with Crippen LogP contribution >= 0.6 is 0 Å². The molecular weight excluding hydrogens is 168 g/mol. The summed E-state index contributed by atoms with van der Waals surface area (Å²) < 4.78 is 4.87. The van der Waals surface area contributed by atoms with Crippen molar-refractivity contribution in [3.8, 4) is 0 Å². The zero-order valence-electron chi connectivity index (χ0n) is 7.36. The lowest BCUT2D eigenvalue weighted by atomic mass is 10.4. The fourth-order valence-corrected chi connectivity index (χ4v) is 1.51. The van der Waals surface area contributed by atoms with E-state index < -0.39 is 0 Å². The van der Waals surface area contributed by atoms with E-state index in [9.17, 15) is 0 Å². The maximum Gasteiger partial charge on any atom is 0.228 e. The van der Waals surface area contributed by atoms with Gasteiger partial charge in [-0.25, -0.2) is 0 Å². The van der Waals surface area contributed by atoms with Gasteiger partial charge in [-0.2, -0.15) is 4.98 Å². The first-order valence-corrected chi connectivity index (χ1v) is 4.44. The summed E-state index contributed by atoms with van der Waals surface area (Å²) in [5.41, 5.74) is 0. The largest absolute Gasteiger partial charge is 0.360 e. The molecule has 2 rings (SSSR count). The van der Waals surface area contributed by atoms with Crippen LogP contribution in [0.3, 0.4) is 0 Å². The molecule has 2 heterocycles.